The summed E-state index contributed by atoms with van der Waals surface area (Å²) in [6, 6.07) is -0.245. The number of rotatable bonds is 3. The van der Waals surface area contributed by atoms with Gasteiger partial charge in [0.05, 0.1) is 7.11 Å². The number of alkyl halides is 2. The molecule has 1 fully saturated rings. The molecule has 1 N–H and O–H groups in total. The second kappa shape index (κ2) is 4.39. The molecule has 0 spiro atoms. The fraction of sp³-hybridized carbons (Fsp3) is 0.667. The number of ether oxygens (including phenoxy) is 1. The Bertz CT molecular complexity index is 241. The lowest BCUT2D eigenvalue weighted by atomic mass is 10.2. The topological polar surface area (TPSA) is 38.3 Å². The third kappa shape index (κ3) is 3.32. The van der Waals surface area contributed by atoms with Gasteiger partial charge in [-0.25, -0.2) is 13.6 Å². The molecular formula is C9H13F2NO2. The van der Waals surface area contributed by atoms with Gasteiger partial charge in [-0.15, -0.1) is 0 Å². The van der Waals surface area contributed by atoms with Crippen molar-refractivity contribution in [1.29, 1.82) is 0 Å². The van der Waals surface area contributed by atoms with Gasteiger partial charge in [0.1, 0.15) is 0 Å². The van der Waals surface area contributed by atoms with Crippen LogP contribution in [0.2, 0.25) is 0 Å². The first-order chi connectivity index (χ1) is 6.53. The zero-order valence-electron chi connectivity index (χ0n) is 7.93. The smallest absolute Gasteiger partial charge is 0.331 e. The molecule has 0 bridgehead atoms. The van der Waals surface area contributed by atoms with Crippen LogP contribution in [-0.4, -0.2) is 25.0 Å². The average molecular weight is 205 g/mol. The van der Waals surface area contributed by atoms with Crippen LogP contribution in [0.1, 0.15) is 19.3 Å². The van der Waals surface area contributed by atoms with Crippen molar-refractivity contribution in [2.24, 2.45) is 0 Å². The molecule has 0 aromatic heterocycles. The van der Waals surface area contributed by atoms with Gasteiger partial charge in [0.15, 0.2) is 0 Å². The Morgan fingerprint density at radius 3 is 2.86 bits per heavy atom. The molecule has 1 aliphatic rings. The largest absolute Gasteiger partial charge is 0.466 e. The van der Waals surface area contributed by atoms with Crippen molar-refractivity contribution in [3.8, 4) is 0 Å². The summed E-state index contributed by atoms with van der Waals surface area (Å²) in [5.41, 5.74) is 0. The fourth-order valence-corrected chi connectivity index (χ4v) is 1.41. The Balaban J connectivity index is 2.27. The Hall–Kier alpha value is -1.13. The quantitative estimate of drug-likeness (QED) is 0.559. The van der Waals surface area contributed by atoms with Gasteiger partial charge in [-0.2, -0.15) is 0 Å². The zero-order chi connectivity index (χ0) is 10.6. The van der Waals surface area contributed by atoms with Crippen LogP contribution in [-0.2, 0) is 9.53 Å². The van der Waals surface area contributed by atoms with E-state index in [2.05, 4.69) is 10.1 Å². The highest BCUT2D eigenvalue weighted by molar-refractivity contribution is 5.81. The van der Waals surface area contributed by atoms with Crippen molar-refractivity contribution < 1.29 is 18.3 Å². The molecule has 5 heteroatoms. The summed E-state index contributed by atoms with van der Waals surface area (Å²) >= 11 is 0. The lowest BCUT2D eigenvalue weighted by molar-refractivity contribution is -0.134. The first kappa shape index (κ1) is 10.9. The van der Waals surface area contributed by atoms with Gasteiger partial charge in [-0.3, -0.25) is 0 Å². The molecule has 80 valence electrons. The molecule has 0 aliphatic heterocycles. The van der Waals surface area contributed by atoms with Crippen molar-refractivity contribution in [1.82, 2.24) is 5.32 Å². The van der Waals surface area contributed by atoms with Gasteiger partial charge in [0, 0.05) is 31.2 Å². The van der Waals surface area contributed by atoms with Crippen molar-refractivity contribution in [2.45, 2.75) is 31.2 Å². The van der Waals surface area contributed by atoms with Crippen molar-refractivity contribution in [3.05, 3.63) is 12.3 Å². The minimum Gasteiger partial charge on any atom is -0.466 e. The van der Waals surface area contributed by atoms with E-state index in [4.69, 9.17) is 0 Å². The van der Waals surface area contributed by atoms with Crippen LogP contribution in [0.4, 0.5) is 8.78 Å². The Morgan fingerprint density at radius 1 is 1.64 bits per heavy atom. The number of carbonyl (C=O) groups is 1. The van der Waals surface area contributed by atoms with E-state index in [1.54, 1.807) is 0 Å². The third-order valence-corrected chi connectivity index (χ3v) is 2.16. The lowest BCUT2D eigenvalue weighted by Gasteiger charge is -2.09. The summed E-state index contributed by atoms with van der Waals surface area (Å²) in [5, 5.41) is 2.74. The van der Waals surface area contributed by atoms with E-state index in [0.717, 1.165) is 0 Å². The van der Waals surface area contributed by atoms with Crippen molar-refractivity contribution in [3.63, 3.8) is 0 Å². The van der Waals surface area contributed by atoms with E-state index in [0.29, 0.717) is 6.42 Å². The van der Waals surface area contributed by atoms with Gasteiger partial charge in [-0.05, 0) is 6.42 Å². The highest BCUT2D eigenvalue weighted by Crippen LogP contribution is 2.34. The van der Waals surface area contributed by atoms with E-state index in [9.17, 15) is 13.6 Å². The predicted molar refractivity (Wildman–Crippen MR) is 46.9 cm³/mol. The number of esters is 1. The number of carbonyl (C=O) groups excluding carboxylic acids is 1. The van der Waals surface area contributed by atoms with Crippen LogP contribution in [0.3, 0.4) is 0 Å². The second-order valence-corrected chi connectivity index (χ2v) is 3.32. The van der Waals surface area contributed by atoms with Crippen LogP contribution in [0, 0.1) is 0 Å². The molecular weight excluding hydrogens is 192 g/mol. The molecule has 0 saturated heterocycles. The standard InChI is InChI=1S/C9H13F2NO2/c1-14-8(13)3-5-12-7-2-4-9(10,11)6-7/h3,5,7,12H,2,4,6H2,1H3/b5-3+. The maximum Gasteiger partial charge on any atom is 0.331 e. The monoisotopic (exact) mass is 205 g/mol. The van der Waals surface area contributed by atoms with E-state index in [1.807, 2.05) is 0 Å². The van der Waals surface area contributed by atoms with Gasteiger partial charge < -0.3 is 10.1 Å². The van der Waals surface area contributed by atoms with Gasteiger partial charge in [-0.1, -0.05) is 0 Å². The maximum absolute atomic E-state index is 12.7. The summed E-state index contributed by atoms with van der Waals surface area (Å²) in [5.74, 6) is -3.06. The zero-order valence-corrected chi connectivity index (χ0v) is 7.93. The van der Waals surface area contributed by atoms with Crippen LogP contribution < -0.4 is 5.32 Å². The Morgan fingerprint density at radius 2 is 2.36 bits per heavy atom. The summed E-state index contributed by atoms with van der Waals surface area (Å²) in [7, 11) is 1.26. The third-order valence-electron chi connectivity index (χ3n) is 2.16. The Labute approximate surface area is 81.1 Å². The maximum atomic E-state index is 12.7. The minimum atomic E-state index is -2.56. The number of nitrogens with one attached hydrogen (secondary N) is 1. The molecule has 1 saturated carbocycles. The fourth-order valence-electron chi connectivity index (χ4n) is 1.41. The van der Waals surface area contributed by atoms with Gasteiger partial charge in [0.25, 0.3) is 0 Å². The van der Waals surface area contributed by atoms with Crippen LogP contribution in [0.5, 0.6) is 0 Å². The molecule has 14 heavy (non-hydrogen) atoms. The molecule has 0 amide bonds. The normalized spacial score (nSPS) is 25.2. The molecule has 3 nitrogen and oxygen atoms in total. The first-order valence-electron chi connectivity index (χ1n) is 4.42. The molecule has 1 unspecified atom stereocenters. The van der Waals surface area contributed by atoms with E-state index < -0.39 is 11.9 Å². The van der Waals surface area contributed by atoms with E-state index >= 15 is 0 Å². The van der Waals surface area contributed by atoms with Crippen molar-refractivity contribution >= 4 is 5.97 Å². The number of methoxy groups -OCH3 is 1. The first-order valence-corrected chi connectivity index (χ1v) is 4.42. The average Bonchev–Trinajstić information content (AvgIpc) is 2.45. The van der Waals surface area contributed by atoms with Crippen LogP contribution in [0.15, 0.2) is 12.3 Å². The minimum absolute atomic E-state index is 0.0866. The van der Waals surface area contributed by atoms with E-state index in [1.165, 1.54) is 19.4 Å². The Kier molecular flexibility index (Phi) is 3.43. The molecule has 0 heterocycles. The molecule has 1 aliphatic carbocycles. The van der Waals surface area contributed by atoms with Crippen LogP contribution >= 0.6 is 0 Å². The summed E-state index contributed by atoms with van der Waals surface area (Å²) in [6.07, 6.45) is 2.71. The predicted octanol–water partition coefficient (Wildman–Crippen LogP) is 1.45. The highest BCUT2D eigenvalue weighted by Gasteiger charge is 2.38. The van der Waals surface area contributed by atoms with Gasteiger partial charge in [0.2, 0.25) is 5.92 Å². The van der Waals surface area contributed by atoms with Crippen LogP contribution in [0.25, 0.3) is 0 Å². The van der Waals surface area contributed by atoms with Gasteiger partial charge >= 0.3 is 5.97 Å². The second-order valence-electron chi connectivity index (χ2n) is 3.32. The summed E-state index contributed by atoms with van der Waals surface area (Å²) in [6.45, 7) is 0. The molecule has 0 aromatic carbocycles. The highest BCUT2D eigenvalue weighted by atomic mass is 19.3. The molecule has 1 atom stereocenters. The number of hydrogen-bond acceptors (Lipinski definition) is 3. The summed E-state index contributed by atoms with van der Waals surface area (Å²) in [4.78, 5) is 10.6. The lowest BCUT2D eigenvalue weighted by Crippen LogP contribution is -2.23. The van der Waals surface area contributed by atoms with Crippen molar-refractivity contribution in [2.75, 3.05) is 7.11 Å². The molecule has 0 aromatic rings. The van der Waals surface area contributed by atoms with E-state index in [-0.39, 0.29) is 18.9 Å². The SMILES string of the molecule is COC(=O)/C=C/NC1CCC(F)(F)C1. The summed E-state index contributed by atoms with van der Waals surface area (Å²) < 4.78 is 29.7. The molecule has 1 rings (SSSR count). The number of halogens is 2. The number of hydrogen-bond donors (Lipinski definition) is 1. The molecule has 0 radical (unpaired) electrons.